The minimum absolute atomic E-state index is 0.225. The SMILES string of the molecule is CCCNC(CC)C(C)Cc1cccc([N+](=O)[O-])c1F. The smallest absolute Gasteiger partial charge is 0.305 e. The van der Waals surface area contributed by atoms with Crippen LogP contribution in [0.4, 0.5) is 10.1 Å². The predicted octanol–water partition coefficient (Wildman–Crippen LogP) is 3.69. The molecule has 1 N–H and O–H groups in total. The molecule has 20 heavy (non-hydrogen) atoms. The molecule has 0 fully saturated rings. The summed E-state index contributed by atoms with van der Waals surface area (Å²) >= 11 is 0. The number of benzene rings is 1. The summed E-state index contributed by atoms with van der Waals surface area (Å²) in [6.45, 7) is 7.17. The minimum Gasteiger partial charge on any atom is -0.314 e. The second-order valence-corrected chi connectivity index (χ2v) is 5.16. The topological polar surface area (TPSA) is 55.2 Å². The lowest BCUT2D eigenvalue weighted by atomic mass is 9.91. The zero-order chi connectivity index (χ0) is 15.1. The maximum Gasteiger partial charge on any atom is 0.305 e. The first-order valence-corrected chi connectivity index (χ1v) is 7.16. The molecular weight excluding hydrogens is 259 g/mol. The zero-order valence-corrected chi connectivity index (χ0v) is 12.4. The molecule has 112 valence electrons. The van der Waals surface area contributed by atoms with Gasteiger partial charge < -0.3 is 5.32 Å². The molecule has 0 bridgehead atoms. The van der Waals surface area contributed by atoms with Gasteiger partial charge in [-0.1, -0.05) is 32.9 Å². The number of hydrogen-bond donors (Lipinski definition) is 1. The molecule has 0 saturated carbocycles. The van der Waals surface area contributed by atoms with Crippen LogP contribution in [0, 0.1) is 21.8 Å². The van der Waals surface area contributed by atoms with Crippen molar-refractivity contribution in [2.75, 3.05) is 6.54 Å². The fourth-order valence-electron chi connectivity index (χ4n) is 2.43. The van der Waals surface area contributed by atoms with Crippen LogP contribution in [0.1, 0.15) is 39.2 Å². The molecule has 2 atom stereocenters. The largest absolute Gasteiger partial charge is 0.314 e. The summed E-state index contributed by atoms with van der Waals surface area (Å²) in [6, 6.07) is 4.68. The van der Waals surface area contributed by atoms with Gasteiger partial charge in [-0.2, -0.15) is 4.39 Å². The van der Waals surface area contributed by atoms with E-state index in [1.54, 1.807) is 12.1 Å². The summed E-state index contributed by atoms with van der Waals surface area (Å²) in [7, 11) is 0. The van der Waals surface area contributed by atoms with Crippen LogP contribution in [0.25, 0.3) is 0 Å². The first kappa shape index (κ1) is 16.6. The van der Waals surface area contributed by atoms with Crippen molar-refractivity contribution in [3.8, 4) is 0 Å². The third kappa shape index (κ3) is 4.27. The van der Waals surface area contributed by atoms with Crippen LogP contribution < -0.4 is 5.32 Å². The van der Waals surface area contributed by atoms with Gasteiger partial charge in [-0.25, -0.2) is 0 Å². The Balaban J connectivity index is 2.81. The summed E-state index contributed by atoms with van der Waals surface area (Å²) in [4.78, 5) is 10.1. The quantitative estimate of drug-likeness (QED) is 0.584. The number of nitro benzene ring substituents is 1. The van der Waals surface area contributed by atoms with Crippen LogP contribution in [0.5, 0.6) is 0 Å². The Morgan fingerprint density at radius 1 is 1.40 bits per heavy atom. The van der Waals surface area contributed by atoms with E-state index in [2.05, 4.69) is 26.1 Å². The standard InChI is InChI=1S/C15H23FN2O2/c1-4-9-17-13(5-2)11(3)10-12-7-6-8-14(15(12)16)18(19)20/h6-8,11,13,17H,4-5,9-10H2,1-3H3. The van der Waals surface area contributed by atoms with E-state index in [0.717, 1.165) is 19.4 Å². The molecule has 0 radical (unpaired) electrons. The van der Waals surface area contributed by atoms with Gasteiger partial charge in [0.2, 0.25) is 5.82 Å². The number of rotatable bonds is 8. The molecule has 1 rings (SSSR count). The van der Waals surface area contributed by atoms with E-state index in [-0.39, 0.29) is 5.92 Å². The van der Waals surface area contributed by atoms with Gasteiger partial charge in [0, 0.05) is 12.1 Å². The van der Waals surface area contributed by atoms with Gasteiger partial charge in [-0.3, -0.25) is 10.1 Å². The Morgan fingerprint density at radius 2 is 2.10 bits per heavy atom. The summed E-state index contributed by atoms with van der Waals surface area (Å²) in [6.07, 6.45) is 2.51. The van der Waals surface area contributed by atoms with Gasteiger partial charge in [0.25, 0.3) is 0 Å². The Hall–Kier alpha value is -1.49. The lowest BCUT2D eigenvalue weighted by Gasteiger charge is -2.24. The van der Waals surface area contributed by atoms with E-state index in [0.29, 0.717) is 18.0 Å². The molecule has 4 nitrogen and oxygen atoms in total. The van der Waals surface area contributed by atoms with Gasteiger partial charge >= 0.3 is 5.69 Å². The maximum absolute atomic E-state index is 14.0. The summed E-state index contributed by atoms with van der Waals surface area (Å²) < 4.78 is 14.0. The highest BCUT2D eigenvalue weighted by atomic mass is 19.1. The highest BCUT2D eigenvalue weighted by Crippen LogP contribution is 2.23. The Bertz CT molecular complexity index is 451. The van der Waals surface area contributed by atoms with Crippen molar-refractivity contribution in [2.24, 2.45) is 5.92 Å². The van der Waals surface area contributed by atoms with Crippen molar-refractivity contribution in [1.82, 2.24) is 5.32 Å². The number of halogens is 1. The van der Waals surface area contributed by atoms with Crippen molar-refractivity contribution in [1.29, 1.82) is 0 Å². The van der Waals surface area contributed by atoms with Crippen molar-refractivity contribution in [3.05, 3.63) is 39.7 Å². The molecule has 1 aromatic carbocycles. The Kier molecular flexibility index (Phi) is 6.58. The highest BCUT2D eigenvalue weighted by Gasteiger charge is 2.21. The van der Waals surface area contributed by atoms with E-state index in [1.807, 2.05) is 0 Å². The summed E-state index contributed by atoms with van der Waals surface area (Å²) in [5, 5.41) is 14.2. The van der Waals surface area contributed by atoms with Gasteiger partial charge in [-0.15, -0.1) is 0 Å². The fourth-order valence-corrected chi connectivity index (χ4v) is 2.43. The van der Waals surface area contributed by atoms with Crippen LogP contribution in [-0.2, 0) is 6.42 Å². The summed E-state index contributed by atoms with van der Waals surface area (Å²) in [5.74, 6) is -0.474. The molecule has 0 aliphatic heterocycles. The normalized spacial score (nSPS) is 14.0. The van der Waals surface area contributed by atoms with E-state index in [9.17, 15) is 14.5 Å². The third-order valence-corrected chi connectivity index (χ3v) is 3.58. The predicted molar refractivity (Wildman–Crippen MR) is 78.3 cm³/mol. The summed E-state index contributed by atoms with van der Waals surface area (Å²) in [5.41, 5.74) is -0.0206. The van der Waals surface area contributed by atoms with E-state index in [4.69, 9.17) is 0 Å². The first-order valence-electron chi connectivity index (χ1n) is 7.16. The fraction of sp³-hybridized carbons (Fsp3) is 0.600. The molecule has 0 amide bonds. The lowest BCUT2D eigenvalue weighted by molar-refractivity contribution is -0.387. The number of hydrogen-bond acceptors (Lipinski definition) is 3. The average molecular weight is 282 g/mol. The first-order chi connectivity index (χ1) is 9.51. The molecule has 2 unspecified atom stereocenters. The molecule has 1 aromatic rings. The molecule has 0 aliphatic rings. The van der Waals surface area contributed by atoms with Crippen LogP contribution in [0.15, 0.2) is 18.2 Å². The van der Waals surface area contributed by atoms with Crippen LogP contribution >= 0.6 is 0 Å². The van der Waals surface area contributed by atoms with Gasteiger partial charge in [-0.05, 0) is 37.3 Å². The van der Waals surface area contributed by atoms with Crippen molar-refractivity contribution >= 4 is 5.69 Å². The van der Waals surface area contributed by atoms with Crippen molar-refractivity contribution in [2.45, 2.75) is 46.1 Å². The molecule has 0 heterocycles. The average Bonchev–Trinajstić information content (AvgIpc) is 2.41. The monoisotopic (exact) mass is 282 g/mol. The van der Waals surface area contributed by atoms with Crippen molar-refractivity contribution in [3.63, 3.8) is 0 Å². The molecule has 0 spiro atoms. The van der Waals surface area contributed by atoms with Crippen LogP contribution in [0.3, 0.4) is 0 Å². The van der Waals surface area contributed by atoms with E-state index < -0.39 is 16.4 Å². The lowest BCUT2D eigenvalue weighted by Crippen LogP contribution is -2.36. The maximum atomic E-state index is 14.0. The molecule has 5 heteroatoms. The van der Waals surface area contributed by atoms with Crippen LogP contribution in [0.2, 0.25) is 0 Å². The van der Waals surface area contributed by atoms with Gasteiger partial charge in [0.05, 0.1) is 4.92 Å². The second kappa shape index (κ2) is 7.94. The number of nitrogens with zero attached hydrogens (tertiary/aromatic N) is 1. The Morgan fingerprint density at radius 3 is 2.65 bits per heavy atom. The number of nitro groups is 1. The van der Waals surface area contributed by atoms with Gasteiger partial charge in [0.15, 0.2) is 0 Å². The molecule has 0 saturated heterocycles. The Labute approximate surface area is 119 Å². The number of nitrogens with one attached hydrogen (secondary N) is 1. The third-order valence-electron chi connectivity index (χ3n) is 3.58. The van der Waals surface area contributed by atoms with Crippen LogP contribution in [-0.4, -0.2) is 17.5 Å². The molecular formula is C15H23FN2O2. The second-order valence-electron chi connectivity index (χ2n) is 5.16. The highest BCUT2D eigenvalue weighted by molar-refractivity contribution is 5.37. The van der Waals surface area contributed by atoms with Crippen molar-refractivity contribution < 1.29 is 9.31 Å². The molecule has 0 aliphatic carbocycles. The van der Waals surface area contributed by atoms with Gasteiger partial charge in [0.1, 0.15) is 0 Å². The molecule has 0 aromatic heterocycles. The minimum atomic E-state index is -0.699. The van der Waals surface area contributed by atoms with E-state index in [1.165, 1.54) is 6.07 Å². The van der Waals surface area contributed by atoms with E-state index >= 15 is 0 Å². The zero-order valence-electron chi connectivity index (χ0n) is 12.4.